The lowest BCUT2D eigenvalue weighted by molar-refractivity contribution is 0.101. The number of methoxy groups -OCH3 is 1. The van der Waals surface area contributed by atoms with Crippen LogP contribution < -0.4 is 15.4 Å². The van der Waals surface area contributed by atoms with Gasteiger partial charge in [0.1, 0.15) is 23.1 Å². The monoisotopic (exact) mass is 455 g/mol. The van der Waals surface area contributed by atoms with Crippen LogP contribution in [-0.2, 0) is 0 Å². The predicted octanol–water partition coefficient (Wildman–Crippen LogP) is 5.61. The van der Waals surface area contributed by atoms with Crippen molar-refractivity contribution < 1.29 is 23.1 Å². The van der Waals surface area contributed by atoms with Crippen LogP contribution in [0.15, 0.2) is 60.7 Å². The van der Waals surface area contributed by atoms with Crippen LogP contribution >= 0.6 is 11.6 Å². The molecule has 1 heterocycles. The molecule has 2 amide bonds. The summed E-state index contributed by atoms with van der Waals surface area (Å²) in [6, 6.07) is 14.2. The van der Waals surface area contributed by atoms with Crippen molar-refractivity contribution in [2.45, 2.75) is 0 Å². The van der Waals surface area contributed by atoms with E-state index in [4.69, 9.17) is 16.3 Å². The summed E-state index contributed by atoms with van der Waals surface area (Å²) in [5.74, 6) is -2.14. The first-order valence-electron chi connectivity index (χ1n) is 9.39. The van der Waals surface area contributed by atoms with Gasteiger partial charge in [0, 0.05) is 21.6 Å². The van der Waals surface area contributed by atoms with Crippen molar-refractivity contribution in [2.75, 3.05) is 17.7 Å². The fourth-order valence-electron chi connectivity index (χ4n) is 3.19. The van der Waals surface area contributed by atoms with Gasteiger partial charge in [0.2, 0.25) is 0 Å². The molecular formula is C23H16ClF2N3O3. The van der Waals surface area contributed by atoms with Gasteiger partial charge in [-0.1, -0.05) is 17.7 Å². The molecule has 4 aromatic rings. The number of hydrogen-bond donors (Lipinski definition) is 3. The molecule has 162 valence electrons. The lowest BCUT2D eigenvalue weighted by atomic mass is 10.2. The predicted molar refractivity (Wildman–Crippen MR) is 119 cm³/mol. The second-order valence-electron chi connectivity index (χ2n) is 6.83. The number of aromatic amines is 1. The van der Waals surface area contributed by atoms with E-state index in [1.165, 1.54) is 49.6 Å². The number of carbonyl (C=O) groups excluding carboxylic acids is 2. The van der Waals surface area contributed by atoms with E-state index in [2.05, 4.69) is 15.6 Å². The van der Waals surface area contributed by atoms with E-state index in [9.17, 15) is 18.4 Å². The molecule has 0 aliphatic carbocycles. The zero-order chi connectivity index (χ0) is 22.8. The number of ether oxygens (including phenoxy) is 1. The van der Waals surface area contributed by atoms with Crippen LogP contribution in [0.3, 0.4) is 0 Å². The van der Waals surface area contributed by atoms with Crippen molar-refractivity contribution in [3.8, 4) is 5.75 Å². The molecule has 0 atom stereocenters. The topological polar surface area (TPSA) is 83.2 Å². The van der Waals surface area contributed by atoms with Crippen LogP contribution in [0.4, 0.5) is 20.2 Å². The Bertz CT molecular complexity index is 1350. The number of amides is 2. The second-order valence-corrected chi connectivity index (χ2v) is 7.27. The number of rotatable bonds is 5. The quantitative estimate of drug-likeness (QED) is 0.365. The number of H-pyrrole nitrogens is 1. The van der Waals surface area contributed by atoms with Gasteiger partial charge in [-0.2, -0.15) is 0 Å². The van der Waals surface area contributed by atoms with Crippen molar-refractivity contribution >= 4 is 45.7 Å². The number of aromatic nitrogens is 1. The Labute approximate surface area is 186 Å². The first-order valence-corrected chi connectivity index (χ1v) is 9.76. The average molecular weight is 456 g/mol. The fraction of sp³-hybridized carbons (Fsp3) is 0.0435. The zero-order valence-corrected chi connectivity index (χ0v) is 17.4. The van der Waals surface area contributed by atoms with Gasteiger partial charge in [0.05, 0.1) is 18.4 Å². The van der Waals surface area contributed by atoms with Crippen molar-refractivity contribution in [1.82, 2.24) is 4.98 Å². The van der Waals surface area contributed by atoms with E-state index in [-0.39, 0.29) is 22.0 Å². The summed E-state index contributed by atoms with van der Waals surface area (Å²) in [6.45, 7) is 0. The lowest BCUT2D eigenvalue weighted by Crippen LogP contribution is -2.16. The Balaban J connectivity index is 1.57. The largest absolute Gasteiger partial charge is 0.495 e. The molecule has 0 aliphatic heterocycles. The molecule has 0 bridgehead atoms. The number of nitrogens with one attached hydrogen (secondary N) is 3. The summed E-state index contributed by atoms with van der Waals surface area (Å²) in [5, 5.41) is 5.70. The highest BCUT2D eigenvalue weighted by atomic mass is 35.5. The molecule has 0 radical (unpaired) electrons. The molecule has 0 aliphatic rings. The van der Waals surface area contributed by atoms with Crippen molar-refractivity contribution in [3.63, 3.8) is 0 Å². The van der Waals surface area contributed by atoms with Crippen molar-refractivity contribution in [2.24, 2.45) is 0 Å². The average Bonchev–Trinajstić information content (AvgIpc) is 3.20. The molecule has 3 N–H and O–H groups in total. The zero-order valence-electron chi connectivity index (χ0n) is 16.6. The number of halogens is 3. The van der Waals surface area contributed by atoms with Crippen LogP contribution in [0.1, 0.15) is 20.8 Å². The minimum absolute atomic E-state index is 0.162. The van der Waals surface area contributed by atoms with Crippen LogP contribution in [0.5, 0.6) is 5.75 Å². The third-order valence-electron chi connectivity index (χ3n) is 4.74. The van der Waals surface area contributed by atoms with Gasteiger partial charge in [-0.25, -0.2) is 8.78 Å². The molecule has 0 fully saturated rings. The Kier molecular flexibility index (Phi) is 5.79. The molecule has 1 aromatic heterocycles. The molecule has 0 spiro atoms. The third-order valence-corrected chi connectivity index (χ3v) is 4.97. The number of hydrogen-bond acceptors (Lipinski definition) is 3. The van der Waals surface area contributed by atoms with Gasteiger partial charge in [0.25, 0.3) is 11.8 Å². The van der Waals surface area contributed by atoms with E-state index in [1.54, 1.807) is 12.1 Å². The Morgan fingerprint density at radius 3 is 2.47 bits per heavy atom. The standard InChI is InChI=1S/C23H16ClF2N3O3/c1-32-21-8-6-13(10-19(21)29-22(30)14-7-5-12(24)9-17(14)26)27-23(31)20-11-15-16(25)3-2-4-18(15)28-20/h2-11,28H,1H3,(H,27,31)(H,29,30). The normalized spacial score (nSPS) is 10.8. The van der Waals surface area contributed by atoms with Gasteiger partial charge in [-0.05, 0) is 54.6 Å². The van der Waals surface area contributed by atoms with E-state index < -0.39 is 23.4 Å². The van der Waals surface area contributed by atoms with Gasteiger partial charge in [0.15, 0.2) is 0 Å². The van der Waals surface area contributed by atoms with Crippen LogP contribution in [0, 0.1) is 11.6 Å². The number of anilines is 2. The SMILES string of the molecule is COc1ccc(NC(=O)c2cc3c(F)cccc3[nH]2)cc1NC(=O)c1ccc(Cl)cc1F. The molecular weight excluding hydrogens is 440 g/mol. The summed E-state index contributed by atoms with van der Waals surface area (Å²) in [4.78, 5) is 28.0. The van der Waals surface area contributed by atoms with Gasteiger partial charge < -0.3 is 20.4 Å². The van der Waals surface area contributed by atoms with Crippen LogP contribution in [0.2, 0.25) is 5.02 Å². The number of benzene rings is 3. The maximum absolute atomic E-state index is 14.1. The first kappa shape index (κ1) is 21.3. The summed E-state index contributed by atoms with van der Waals surface area (Å²) in [6.07, 6.45) is 0. The van der Waals surface area contributed by atoms with E-state index in [0.29, 0.717) is 22.3 Å². The summed E-state index contributed by atoms with van der Waals surface area (Å²) >= 11 is 5.73. The fourth-order valence-corrected chi connectivity index (χ4v) is 3.34. The third kappa shape index (κ3) is 4.26. The maximum atomic E-state index is 14.1. The maximum Gasteiger partial charge on any atom is 0.272 e. The highest BCUT2D eigenvalue weighted by molar-refractivity contribution is 6.30. The minimum atomic E-state index is -0.774. The van der Waals surface area contributed by atoms with E-state index in [1.807, 2.05) is 0 Å². The summed E-state index contributed by atoms with van der Waals surface area (Å²) in [7, 11) is 1.41. The van der Waals surface area contributed by atoms with Gasteiger partial charge in [-0.3, -0.25) is 9.59 Å². The highest BCUT2D eigenvalue weighted by Gasteiger charge is 2.16. The van der Waals surface area contributed by atoms with Gasteiger partial charge >= 0.3 is 0 Å². The van der Waals surface area contributed by atoms with Gasteiger partial charge in [-0.15, -0.1) is 0 Å². The molecule has 32 heavy (non-hydrogen) atoms. The first-order chi connectivity index (χ1) is 15.4. The Morgan fingerprint density at radius 1 is 0.938 bits per heavy atom. The molecule has 0 saturated carbocycles. The Hall–Kier alpha value is -3.91. The molecule has 4 rings (SSSR count). The second kappa shape index (κ2) is 8.68. The smallest absolute Gasteiger partial charge is 0.272 e. The van der Waals surface area contributed by atoms with E-state index in [0.717, 1.165) is 6.07 Å². The van der Waals surface area contributed by atoms with Crippen LogP contribution in [-0.4, -0.2) is 23.9 Å². The lowest BCUT2D eigenvalue weighted by Gasteiger charge is -2.13. The summed E-state index contributed by atoms with van der Waals surface area (Å²) in [5.41, 5.74) is 0.998. The van der Waals surface area contributed by atoms with Crippen molar-refractivity contribution in [3.05, 3.63) is 88.6 Å². The summed E-state index contributed by atoms with van der Waals surface area (Å²) < 4.78 is 33.2. The highest BCUT2D eigenvalue weighted by Crippen LogP contribution is 2.29. The number of fused-ring (bicyclic) bond motifs is 1. The molecule has 0 saturated heterocycles. The molecule has 6 nitrogen and oxygen atoms in total. The minimum Gasteiger partial charge on any atom is -0.495 e. The number of carbonyl (C=O) groups is 2. The van der Waals surface area contributed by atoms with E-state index >= 15 is 0 Å². The molecule has 0 unspecified atom stereocenters. The molecule has 9 heteroatoms. The molecule has 3 aromatic carbocycles. The van der Waals surface area contributed by atoms with Crippen molar-refractivity contribution in [1.29, 1.82) is 0 Å². The van der Waals surface area contributed by atoms with Crippen LogP contribution in [0.25, 0.3) is 10.9 Å². The Morgan fingerprint density at radius 2 is 1.75 bits per heavy atom.